The van der Waals surface area contributed by atoms with Gasteiger partial charge in [-0.1, -0.05) is 37.8 Å². The SMILES string of the molecule is C=CC(=C)[C@H](C)CNc1ccnc(Nc2cccc(NC(C)=O)c2)n1. The number of carbonyl (C=O) groups is 1. The Morgan fingerprint density at radius 2 is 2.08 bits per heavy atom. The number of benzene rings is 1. The van der Waals surface area contributed by atoms with E-state index in [4.69, 9.17) is 0 Å². The zero-order valence-electron chi connectivity index (χ0n) is 14.5. The van der Waals surface area contributed by atoms with Crippen molar-refractivity contribution in [2.75, 3.05) is 22.5 Å². The second-order valence-corrected chi connectivity index (χ2v) is 5.71. The third-order valence-corrected chi connectivity index (χ3v) is 3.58. The van der Waals surface area contributed by atoms with E-state index in [-0.39, 0.29) is 11.8 Å². The van der Waals surface area contributed by atoms with Gasteiger partial charge in [-0.05, 0) is 30.2 Å². The number of nitrogens with one attached hydrogen (secondary N) is 3. The Morgan fingerprint density at radius 1 is 1.32 bits per heavy atom. The molecule has 130 valence electrons. The molecule has 1 amide bonds. The number of hydrogen-bond donors (Lipinski definition) is 3. The molecule has 0 aliphatic heterocycles. The summed E-state index contributed by atoms with van der Waals surface area (Å²) >= 11 is 0. The predicted octanol–water partition coefficient (Wildman–Crippen LogP) is 3.97. The molecule has 0 radical (unpaired) electrons. The molecule has 1 heterocycles. The van der Waals surface area contributed by atoms with Crippen LogP contribution in [0.15, 0.2) is 61.3 Å². The van der Waals surface area contributed by atoms with E-state index in [1.165, 1.54) is 6.92 Å². The zero-order chi connectivity index (χ0) is 18.2. The summed E-state index contributed by atoms with van der Waals surface area (Å²) in [5.74, 6) is 1.34. The van der Waals surface area contributed by atoms with Crippen LogP contribution >= 0.6 is 0 Å². The fourth-order valence-electron chi connectivity index (χ4n) is 2.11. The molecule has 25 heavy (non-hydrogen) atoms. The number of allylic oxidation sites excluding steroid dienone is 1. The molecule has 6 heteroatoms. The Labute approximate surface area is 148 Å². The number of aromatic nitrogens is 2. The van der Waals surface area contributed by atoms with Crippen molar-refractivity contribution in [3.05, 3.63) is 61.3 Å². The van der Waals surface area contributed by atoms with Crippen LogP contribution in [-0.4, -0.2) is 22.4 Å². The summed E-state index contributed by atoms with van der Waals surface area (Å²) in [6.07, 6.45) is 3.45. The Kier molecular flexibility index (Phi) is 6.28. The van der Waals surface area contributed by atoms with Crippen molar-refractivity contribution in [1.29, 1.82) is 0 Å². The maximum atomic E-state index is 11.1. The average Bonchev–Trinajstić information content (AvgIpc) is 2.59. The summed E-state index contributed by atoms with van der Waals surface area (Å²) in [5.41, 5.74) is 2.48. The van der Waals surface area contributed by atoms with Crippen LogP contribution in [0.4, 0.5) is 23.1 Å². The van der Waals surface area contributed by atoms with Crippen molar-refractivity contribution in [2.24, 2.45) is 5.92 Å². The molecule has 2 aromatic rings. The Morgan fingerprint density at radius 3 is 2.80 bits per heavy atom. The minimum Gasteiger partial charge on any atom is -0.369 e. The van der Waals surface area contributed by atoms with Crippen LogP contribution in [0.1, 0.15) is 13.8 Å². The van der Waals surface area contributed by atoms with E-state index in [2.05, 4.69) is 46.0 Å². The molecule has 0 saturated heterocycles. The molecule has 1 aromatic carbocycles. The molecule has 6 nitrogen and oxygen atoms in total. The third-order valence-electron chi connectivity index (χ3n) is 3.58. The standard InChI is InChI=1S/C19H23N5O/c1-5-13(2)14(3)12-21-18-9-10-20-19(24-18)23-17-8-6-7-16(11-17)22-15(4)25/h5-11,14H,1-2,12H2,3-4H3,(H,22,25)(H2,20,21,23,24)/t14-/m1/s1. The van der Waals surface area contributed by atoms with E-state index in [1.807, 2.05) is 30.3 Å². The van der Waals surface area contributed by atoms with Gasteiger partial charge in [0, 0.05) is 31.0 Å². The highest BCUT2D eigenvalue weighted by atomic mass is 16.1. The number of anilines is 4. The lowest BCUT2D eigenvalue weighted by molar-refractivity contribution is -0.114. The number of rotatable bonds is 8. The molecule has 3 N–H and O–H groups in total. The maximum absolute atomic E-state index is 11.1. The Balaban J connectivity index is 2.02. The number of hydrogen-bond acceptors (Lipinski definition) is 5. The van der Waals surface area contributed by atoms with E-state index in [0.29, 0.717) is 18.2 Å². The number of carbonyl (C=O) groups excluding carboxylic acids is 1. The molecule has 1 atom stereocenters. The normalized spacial score (nSPS) is 11.3. The lowest BCUT2D eigenvalue weighted by atomic mass is 10.0. The van der Waals surface area contributed by atoms with Gasteiger partial charge in [0.1, 0.15) is 5.82 Å². The summed E-state index contributed by atoms with van der Waals surface area (Å²) in [6, 6.07) is 9.17. The summed E-state index contributed by atoms with van der Waals surface area (Å²) in [5, 5.41) is 9.14. The molecule has 0 spiro atoms. The van der Waals surface area contributed by atoms with Crippen LogP contribution in [0.5, 0.6) is 0 Å². The summed E-state index contributed by atoms with van der Waals surface area (Å²) < 4.78 is 0. The van der Waals surface area contributed by atoms with Crippen molar-refractivity contribution < 1.29 is 4.79 Å². The zero-order valence-corrected chi connectivity index (χ0v) is 14.5. The molecule has 0 aliphatic rings. The second-order valence-electron chi connectivity index (χ2n) is 5.71. The van der Waals surface area contributed by atoms with Crippen LogP contribution < -0.4 is 16.0 Å². The molecule has 0 bridgehead atoms. The van der Waals surface area contributed by atoms with Crippen LogP contribution in [0.25, 0.3) is 0 Å². The Bertz CT molecular complexity index is 772. The first-order chi connectivity index (χ1) is 12.0. The second kappa shape index (κ2) is 8.63. The highest BCUT2D eigenvalue weighted by Crippen LogP contribution is 2.19. The molecule has 0 fully saturated rings. The minimum atomic E-state index is -0.116. The molecule has 0 saturated carbocycles. The average molecular weight is 337 g/mol. The van der Waals surface area contributed by atoms with E-state index < -0.39 is 0 Å². The first-order valence-corrected chi connectivity index (χ1v) is 8.00. The van der Waals surface area contributed by atoms with Gasteiger partial charge in [-0.2, -0.15) is 4.98 Å². The largest absolute Gasteiger partial charge is 0.369 e. The van der Waals surface area contributed by atoms with E-state index >= 15 is 0 Å². The summed E-state index contributed by atoms with van der Waals surface area (Å²) in [4.78, 5) is 19.8. The van der Waals surface area contributed by atoms with Gasteiger partial charge in [0.25, 0.3) is 0 Å². The number of nitrogens with zero attached hydrogens (tertiary/aromatic N) is 2. The minimum absolute atomic E-state index is 0.116. The van der Waals surface area contributed by atoms with Crippen LogP contribution in [0.2, 0.25) is 0 Å². The van der Waals surface area contributed by atoms with Crippen LogP contribution in [0.3, 0.4) is 0 Å². The molecule has 0 unspecified atom stereocenters. The van der Waals surface area contributed by atoms with Crippen molar-refractivity contribution in [2.45, 2.75) is 13.8 Å². The van der Waals surface area contributed by atoms with Gasteiger partial charge in [-0.15, -0.1) is 0 Å². The quantitative estimate of drug-likeness (QED) is 0.635. The van der Waals surface area contributed by atoms with Gasteiger partial charge in [-0.3, -0.25) is 4.79 Å². The Hall–Kier alpha value is -3.15. The van der Waals surface area contributed by atoms with Gasteiger partial charge in [0.2, 0.25) is 11.9 Å². The first kappa shape index (κ1) is 18.2. The summed E-state index contributed by atoms with van der Waals surface area (Å²) in [6.45, 7) is 11.9. The maximum Gasteiger partial charge on any atom is 0.229 e. The highest BCUT2D eigenvalue weighted by Gasteiger charge is 2.05. The van der Waals surface area contributed by atoms with Crippen molar-refractivity contribution in [3.8, 4) is 0 Å². The van der Waals surface area contributed by atoms with Gasteiger partial charge >= 0.3 is 0 Å². The van der Waals surface area contributed by atoms with Gasteiger partial charge < -0.3 is 16.0 Å². The molecule has 0 aliphatic carbocycles. The first-order valence-electron chi connectivity index (χ1n) is 8.00. The number of amides is 1. The van der Waals surface area contributed by atoms with E-state index in [9.17, 15) is 4.79 Å². The van der Waals surface area contributed by atoms with E-state index in [0.717, 1.165) is 17.1 Å². The van der Waals surface area contributed by atoms with Crippen LogP contribution in [0, 0.1) is 5.92 Å². The molecule has 2 rings (SSSR count). The van der Waals surface area contributed by atoms with Gasteiger partial charge in [0.05, 0.1) is 0 Å². The topological polar surface area (TPSA) is 78.9 Å². The van der Waals surface area contributed by atoms with Crippen molar-refractivity contribution in [3.63, 3.8) is 0 Å². The smallest absolute Gasteiger partial charge is 0.229 e. The lowest BCUT2D eigenvalue weighted by Gasteiger charge is -2.14. The van der Waals surface area contributed by atoms with E-state index in [1.54, 1.807) is 12.3 Å². The molecule has 1 aromatic heterocycles. The van der Waals surface area contributed by atoms with Gasteiger partial charge in [0.15, 0.2) is 0 Å². The van der Waals surface area contributed by atoms with Crippen molar-refractivity contribution >= 4 is 29.0 Å². The van der Waals surface area contributed by atoms with Crippen LogP contribution in [-0.2, 0) is 4.79 Å². The van der Waals surface area contributed by atoms with Crippen molar-refractivity contribution in [1.82, 2.24) is 9.97 Å². The molecular formula is C19H23N5O. The predicted molar refractivity (Wildman–Crippen MR) is 103 cm³/mol. The fourth-order valence-corrected chi connectivity index (χ4v) is 2.11. The molecular weight excluding hydrogens is 314 g/mol. The fraction of sp³-hybridized carbons (Fsp3) is 0.211. The monoisotopic (exact) mass is 337 g/mol. The third kappa shape index (κ3) is 5.76. The van der Waals surface area contributed by atoms with Gasteiger partial charge in [-0.25, -0.2) is 4.98 Å². The lowest BCUT2D eigenvalue weighted by Crippen LogP contribution is -2.13. The summed E-state index contributed by atoms with van der Waals surface area (Å²) in [7, 11) is 0. The highest BCUT2D eigenvalue weighted by molar-refractivity contribution is 5.89.